The molecule has 1 atom stereocenters. The van der Waals surface area contributed by atoms with E-state index < -0.39 is 11.6 Å². The van der Waals surface area contributed by atoms with Crippen molar-refractivity contribution in [1.82, 2.24) is 14.8 Å². The molecule has 0 spiro atoms. The Balaban J connectivity index is 1.71. The van der Waals surface area contributed by atoms with Gasteiger partial charge in [0.05, 0.1) is 17.2 Å². The summed E-state index contributed by atoms with van der Waals surface area (Å²) in [7, 11) is 0. The molecule has 1 aromatic heterocycles. The Hall–Kier alpha value is -2.28. The van der Waals surface area contributed by atoms with Gasteiger partial charge in [0.2, 0.25) is 11.8 Å². The Bertz CT molecular complexity index is 833. The number of nitrogens with zero attached hydrogens (tertiary/aromatic N) is 3. The lowest BCUT2D eigenvalue weighted by Gasteiger charge is -2.34. The van der Waals surface area contributed by atoms with E-state index in [9.17, 15) is 13.6 Å². The number of halogens is 2. The highest BCUT2D eigenvalue weighted by atomic mass is 19.1. The van der Waals surface area contributed by atoms with Crippen molar-refractivity contribution in [1.29, 1.82) is 0 Å². The molecule has 1 fully saturated rings. The van der Waals surface area contributed by atoms with Gasteiger partial charge in [0, 0.05) is 32.2 Å². The Morgan fingerprint density at radius 1 is 1.32 bits per heavy atom. The third kappa shape index (κ3) is 4.41. The average molecular weight is 391 g/mol. The van der Waals surface area contributed by atoms with Gasteiger partial charge in [-0.25, -0.2) is 13.8 Å². The zero-order valence-corrected chi connectivity index (χ0v) is 16.7. The van der Waals surface area contributed by atoms with Crippen LogP contribution in [0.4, 0.5) is 8.78 Å². The van der Waals surface area contributed by atoms with Gasteiger partial charge in [-0.15, -0.1) is 0 Å². The number of carbonyl (C=O) groups is 1. The minimum atomic E-state index is -0.698. The second kappa shape index (κ2) is 8.82. The molecule has 1 saturated heterocycles. The van der Waals surface area contributed by atoms with Gasteiger partial charge in [0.25, 0.3) is 0 Å². The Kier molecular flexibility index (Phi) is 6.44. The molecular weight excluding hydrogens is 364 g/mol. The monoisotopic (exact) mass is 391 g/mol. The minimum absolute atomic E-state index is 0.00475. The largest absolute Gasteiger partial charge is 0.441 e. The lowest BCUT2D eigenvalue weighted by Crippen LogP contribution is -2.44. The topological polar surface area (TPSA) is 49.6 Å². The first kappa shape index (κ1) is 20.5. The first-order valence-corrected chi connectivity index (χ1v) is 9.85. The SMILES string of the molecule is CCN(CC)C(=O)[C@H]1CCCN(Cc2nc(-c3ccc(F)cc3F)oc2C)C1. The number of rotatable bonds is 6. The molecule has 7 heteroatoms. The third-order valence-electron chi connectivity index (χ3n) is 5.36. The van der Waals surface area contributed by atoms with Crippen molar-refractivity contribution in [3.8, 4) is 11.5 Å². The maximum absolute atomic E-state index is 14.0. The quantitative estimate of drug-likeness (QED) is 0.747. The van der Waals surface area contributed by atoms with E-state index in [2.05, 4.69) is 9.88 Å². The predicted octanol–water partition coefficient (Wildman–Crippen LogP) is 4.01. The van der Waals surface area contributed by atoms with Crippen molar-refractivity contribution >= 4 is 5.91 Å². The molecule has 28 heavy (non-hydrogen) atoms. The second-order valence-electron chi connectivity index (χ2n) is 7.23. The van der Waals surface area contributed by atoms with E-state index >= 15 is 0 Å². The second-order valence-corrected chi connectivity index (χ2v) is 7.23. The van der Waals surface area contributed by atoms with Crippen LogP contribution in [0.15, 0.2) is 22.6 Å². The van der Waals surface area contributed by atoms with Crippen LogP contribution in [0.25, 0.3) is 11.5 Å². The molecule has 152 valence electrons. The summed E-state index contributed by atoms with van der Waals surface area (Å²) in [6.07, 6.45) is 1.85. The molecule has 0 bridgehead atoms. The number of piperidine rings is 1. The van der Waals surface area contributed by atoms with E-state index in [1.54, 1.807) is 6.92 Å². The summed E-state index contributed by atoms with van der Waals surface area (Å²) in [4.78, 5) is 21.2. The Labute approximate surface area is 164 Å². The normalized spacial score (nSPS) is 17.7. The molecule has 0 saturated carbocycles. The van der Waals surface area contributed by atoms with Crippen LogP contribution in [-0.2, 0) is 11.3 Å². The van der Waals surface area contributed by atoms with E-state index in [4.69, 9.17) is 4.42 Å². The van der Waals surface area contributed by atoms with Gasteiger partial charge in [-0.3, -0.25) is 9.69 Å². The summed E-state index contributed by atoms with van der Waals surface area (Å²) < 4.78 is 32.8. The number of carbonyl (C=O) groups excluding carboxylic acids is 1. The molecular formula is C21H27F2N3O2. The summed E-state index contributed by atoms with van der Waals surface area (Å²) in [5.41, 5.74) is 0.860. The summed E-state index contributed by atoms with van der Waals surface area (Å²) in [6, 6.07) is 3.34. The predicted molar refractivity (Wildman–Crippen MR) is 103 cm³/mol. The average Bonchev–Trinajstić information content (AvgIpc) is 3.03. The molecule has 1 aliphatic heterocycles. The van der Waals surface area contributed by atoms with Crippen LogP contribution < -0.4 is 0 Å². The van der Waals surface area contributed by atoms with Gasteiger partial charge in [0.1, 0.15) is 17.4 Å². The van der Waals surface area contributed by atoms with E-state index in [1.165, 1.54) is 12.1 Å². The fourth-order valence-corrected chi connectivity index (χ4v) is 3.76. The molecule has 3 rings (SSSR count). The van der Waals surface area contributed by atoms with Gasteiger partial charge in [-0.1, -0.05) is 0 Å². The number of aromatic nitrogens is 1. The molecule has 1 aromatic carbocycles. The van der Waals surface area contributed by atoms with Crippen molar-refractivity contribution in [2.24, 2.45) is 5.92 Å². The molecule has 1 amide bonds. The molecule has 0 unspecified atom stereocenters. The fourth-order valence-electron chi connectivity index (χ4n) is 3.76. The number of hydrogen-bond donors (Lipinski definition) is 0. The molecule has 1 aliphatic rings. The zero-order valence-electron chi connectivity index (χ0n) is 16.7. The molecule has 2 heterocycles. The summed E-state index contributed by atoms with van der Waals surface area (Å²) >= 11 is 0. The number of aryl methyl sites for hydroxylation is 1. The van der Waals surface area contributed by atoms with Crippen molar-refractivity contribution in [2.75, 3.05) is 26.2 Å². The maximum Gasteiger partial charge on any atom is 0.229 e. The van der Waals surface area contributed by atoms with Crippen molar-refractivity contribution in [3.63, 3.8) is 0 Å². The van der Waals surface area contributed by atoms with Crippen molar-refractivity contribution in [2.45, 2.75) is 40.2 Å². The van der Waals surface area contributed by atoms with Gasteiger partial charge >= 0.3 is 0 Å². The number of hydrogen-bond acceptors (Lipinski definition) is 4. The summed E-state index contributed by atoms with van der Waals surface area (Å²) in [5.74, 6) is -0.373. The highest BCUT2D eigenvalue weighted by Gasteiger charge is 2.29. The van der Waals surface area contributed by atoms with Crippen LogP contribution in [0.1, 0.15) is 38.1 Å². The summed E-state index contributed by atoms with van der Waals surface area (Å²) in [6.45, 7) is 9.34. The van der Waals surface area contributed by atoms with E-state index in [0.717, 1.165) is 44.2 Å². The lowest BCUT2D eigenvalue weighted by molar-refractivity contribution is -0.137. The van der Waals surface area contributed by atoms with Crippen LogP contribution in [-0.4, -0.2) is 46.9 Å². The van der Waals surface area contributed by atoms with Crippen LogP contribution in [0, 0.1) is 24.5 Å². The first-order chi connectivity index (χ1) is 13.4. The summed E-state index contributed by atoms with van der Waals surface area (Å²) in [5, 5.41) is 0. The first-order valence-electron chi connectivity index (χ1n) is 9.85. The van der Waals surface area contributed by atoms with E-state index in [0.29, 0.717) is 18.8 Å². The number of benzene rings is 1. The van der Waals surface area contributed by atoms with Gasteiger partial charge in [-0.05, 0) is 52.3 Å². The standard InChI is InChI=1S/C21H27F2N3O2/c1-4-26(5-2)21(27)15-7-6-10-25(12-15)13-19-14(3)28-20(24-19)17-9-8-16(22)11-18(17)23/h8-9,11,15H,4-7,10,12-13H2,1-3H3/t15-/m0/s1. The Morgan fingerprint density at radius 2 is 2.07 bits per heavy atom. The van der Waals surface area contributed by atoms with Crippen molar-refractivity contribution < 1.29 is 18.0 Å². The lowest BCUT2D eigenvalue weighted by atomic mass is 9.96. The van der Waals surface area contributed by atoms with Crippen LogP contribution in [0.5, 0.6) is 0 Å². The molecule has 0 aliphatic carbocycles. The third-order valence-corrected chi connectivity index (χ3v) is 5.36. The molecule has 0 radical (unpaired) electrons. The highest BCUT2D eigenvalue weighted by Crippen LogP contribution is 2.27. The van der Waals surface area contributed by atoms with Crippen LogP contribution in [0.3, 0.4) is 0 Å². The van der Waals surface area contributed by atoms with Crippen molar-refractivity contribution in [3.05, 3.63) is 41.3 Å². The maximum atomic E-state index is 14.0. The smallest absolute Gasteiger partial charge is 0.229 e. The fraction of sp³-hybridized carbons (Fsp3) is 0.524. The van der Waals surface area contributed by atoms with Crippen LogP contribution in [0.2, 0.25) is 0 Å². The van der Waals surface area contributed by atoms with Crippen LogP contribution >= 0.6 is 0 Å². The van der Waals surface area contributed by atoms with Gasteiger partial charge < -0.3 is 9.32 Å². The van der Waals surface area contributed by atoms with Gasteiger partial charge in [-0.2, -0.15) is 0 Å². The number of oxazole rings is 1. The van der Waals surface area contributed by atoms with Gasteiger partial charge in [0.15, 0.2) is 0 Å². The van der Waals surface area contributed by atoms with E-state index in [1.807, 2.05) is 18.7 Å². The minimum Gasteiger partial charge on any atom is -0.441 e. The molecule has 2 aromatic rings. The Morgan fingerprint density at radius 3 is 2.75 bits per heavy atom. The van der Waals surface area contributed by atoms with E-state index in [-0.39, 0.29) is 23.3 Å². The number of amides is 1. The molecule has 5 nitrogen and oxygen atoms in total. The highest BCUT2D eigenvalue weighted by molar-refractivity contribution is 5.79. The number of likely N-dealkylation sites (tertiary alicyclic amines) is 1. The molecule has 0 N–H and O–H groups in total. The zero-order chi connectivity index (χ0) is 20.3.